The molecule has 13 atom stereocenters. The molecule has 654 valence electrons. The molecule has 0 saturated carbocycles. The lowest BCUT2D eigenvalue weighted by Gasteiger charge is -2.45. The molecule has 0 bridgehead atoms. The number of hydrogen-bond acceptors (Lipinski definition) is 26. The molecular weight excluding hydrogens is 1600 g/mol. The van der Waals surface area contributed by atoms with Crippen LogP contribution in [0, 0.1) is 0 Å². The van der Waals surface area contributed by atoms with Crippen molar-refractivity contribution in [3.05, 3.63) is 236 Å². The Labute approximate surface area is 708 Å². The fourth-order valence-electron chi connectivity index (χ4n) is 12.7. The van der Waals surface area contributed by atoms with Gasteiger partial charge in [-0.1, -0.05) is 132 Å². The molecular formula is C86H101N13O24. The van der Waals surface area contributed by atoms with Gasteiger partial charge in [0.2, 0.25) is 35.4 Å². The third-order valence-corrected chi connectivity index (χ3v) is 18.7. The molecule has 37 heteroatoms. The van der Waals surface area contributed by atoms with Crippen LogP contribution in [0.1, 0.15) is 161 Å². The molecule has 37 nitrogen and oxygen atoms in total. The molecule has 2 aliphatic heterocycles. The number of hydrogen-bond donors (Lipinski definition) is 7. The molecule has 2 heterocycles. The van der Waals surface area contributed by atoms with Crippen molar-refractivity contribution in [2.24, 2.45) is 10.2 Å². The van der Waals surface area contributed by atoms with E-state index in [1.807, 2.05) is 0 Å². The predicted molar refractivity (Wildman–Crippen MR) is 438 cm³/mol. The van der Waals surface area contributed by atoms with E-state index in [1.54, 1.807) is 130 Å². The van der Waals surface area contributed by atoms with E-state index in [4.69, 9.17) is 52.1 Å². The largest absolute Gasteiger partial charge is 0.454 e. The molecule has 0 aromatic heterocycles. The van der Waals surface area contributed by atoms with Gasteiger partial charge in [-0.25, -0.2) is 33.6 Å². The highest BCUT2D eigenvalue weighted by Gasteiger charge is 2.53. The van der Waals surface area contributed by atoms with Crippen molar-refractivity contribution in [3.63, 3.8) is 0 Å². The second-order valence-corrected chi connectivity index (χ2v) is 29.4. The van der Waals surface area contributed by atoms with Crippen LogP contribution in [-0.2, 0) is 80.9 Å². The zero-order valence-corrected chi connectivity index (χ0v) is 68.5. The minimum absolute atomic E-state index is 0.00418. The summed E-state index contributed by atoms with van der Waals surface area (Å²) < 4.78 is 66.3. The highest BCUT2D eigenvalue weighted by Crippen LogP contribution is 2.32. The fourth-order valence-corrected chi connectivity index (χ4v) is 12.7. The molecule has 8 rings (SSSR count). The molecule has 12 unspecified atom stereocenters. The van der Waals surface area contributed by atoms with Crippen molar-refractivity contribution in [3.8, 4) is 0 Å². The zero-order chi connectivity index (χ0) is 88.5. The van der Waals surface area contributed by atoms with Gasteiger partial charge in [0.1, 0.15) is 48.1 Å². The van der Waals surface area contributed by atoms with Gasteiger partial charge in [0.25, 0.3) is 0 Å². The summed E-state index contributed by atoms with van der Waals surface area (Å²) in [6.45, 7) is 4.93. The van der Waals surface area contributed by atoms with E-state index in [2.05, 4.69) is 57.3 Å². The van der Waals surface area contributed by atoms with E-state index in [0.717, 1.165) is 0 Å². The summed E-state index contributed by atoms with van der Waals surface area (Å²) in [5, 5.41) is 26.3. The maximum absolute atomic E-state index is 13.8. The average Bonchev–Trinajstić information content (AvgIpc) is 0.782. The number of azide groups is 2. The minimum Gasteiger partial charge on any atom is -0.454 e. The van der Waals surface area contributed by atoms with Crippen LogP contribution in [0.4, 0.5) is 4.79 Å². The second kappa shape index (κ2) is 50.1. The third kappa shape index (κ3) is 32.6. The highest BCUT2D eigenvalue weighted by atomic mass is 16.7. The molecule has 123 heavy (non-hydrogen) atoms. The molecule has 2 saturated heterocycles. The topological polar surface area (TPSA) is 505 Å². The molecule has 7 amide bonds. The summed E-state index contributed by atoms with van der Waals surface area (Å²) in [5.74, 6) is -8.35. The first-order valence-electron chi connectivity index (χ1n) is 40.0. The van der Waals surface area contributed by atoms with Crippen LogP contribution >= 0.6 is 0 Å². The highest BCUT2D eigenvalue weighted by molar-refractivity contribution is 5.93. The maximum atomic E-state index is 13.8. The molecule has 0 aliphatic carbocycles. The van der Waals surface area contributed by atoms with Crippen LogP contribution in [0.2, 0.25) is 0 Å². The van der Waals surface area contributed by atoms with Crippen LogP contribution in [-0.4, -0.2) is 215 Å². The number of amides is 7. The van der Waals surface area contributed by atoms with Gasteiger partial charge in [0.15, 0.2) is 37.0 Å². The van der Waals surface area contributed by atoms with E-state index < -0.39 is 189 Å². The van der Waals surface area contributed by atoms with Crippen LogP contribution in [0.3, 0.4) is 0 Å². The number of nitrogens with one attached hydrogen (secondary N) is 7. The molecule has 6 aromatic carbocycles. The summed E-state index contributed by atoms with van der Waals surface area (Å²) in [5.41, 5.74) is 18.7. The Morgan fingerprint density at radius 3 is 1.07 bits per heavy atom. The van der Waals surface area contributed by atoms with Crippen molar-refractivity contribution in [2.75, 3.05) is 52.5 Å². The number of ether oxygens (including phenoxy) is 11. The quantitative estimate of drug-likeness (QED) is 0.00469. The monoisotopic (exact) mass is 1700 g/mol. The van der Waals surface area contributed by atoms with Gasteiger partial charge >= 0.3 is 41.9 Å². The van der Waals surface area contributed by atoms with E-state index in [9.17, 15) is 73.4 Å². The summed E-state index contributed by atoms with van der Waals surface area (Å²) >= 11 is 0. The van der Waals surface area contributed by atoms with Crippen molar-refractivity contribution in [2.45, 2.75) is 184 Å². The summed E-state index contributed by atoms with van der Waals surface area (Å²) in [6, 6.07) is 43.2. The van der Waals surface area contributed by atoms with E-state index >= 15 is 0 Å². The number of carbonyl (C=O) groups excluding carboxylic acids is 13. The Morgan fingerprint density at radius 2 is 0.740 bits per heavy atom. The first-order valence-corrected chi connectivity index (χ1v) is 40.0. The maximum Gasteiger partial charge on any atom is 0.408 e. The number of nitrogens with zero attached hydrogens (tertiary/aromatic N) is 6. The Hall–Kier alpha value is -13.3. The van der Waals surface area contributed by atoms with Crippen LogP contribution in [0.15, 0.2) is 192 Å². The van der Waals surface area contributed by atoms with Gasteiger partial charge in [0, 0.05) is 56.0 Å². The predicted octanol–water partition coefficient (Wildman–Crippen LogP) is 8.71. The van der Waals surface area contributed by atoms with Crippen molar-refractivity contribution in [1.82, 2.24) is 37.2 Å². The molecule has 2 aliphatic rings. The number of rotatable bonds is 45. The standard InChI is InChI=1S/C86H101N13O24/c1-54(100)95-70-74(121-81(110)60-38-22-10-23-39-60)72(119-79(108)58-34-18-8-19-35-58)65(50-93-98-87)117-83(70)113-52-62(115-77(106)56-30-14-6-15-31-56)48-91-67(102)42-26-12-28-46-89-69(104)45-44-64(97-85(112)123-86(3,4)5)76(105)90-47-29-13-27-43-68(103)92-49-63(116-78(107)57-32-16-7-17-33-57)53-114-84-71(96-55(2)101)75(122-82(111)61-40-24-11-25-41-61)73(66(118-84)51-94-99-88)120-80(109)59-36-20-9-21-37-59/h6-11,14-25,30-41,62-66,70-75,83-84H,12-13,26-29,42-53H2,1-5H3,(H,89,104)(H,90,105)(H,91,102)(H,92,103)(H,95,100)(H,96,101)(H,97,112)/t62?,63?,64-,65?,66?,70?,71?,72?,73?,74?,75?,83?,84?/m0/s1. The normalized spacial score (nSPS) is 19.0. The van der Waals surface area contributed by atoms with E-state index in [0.29, 0.717) is 38.5 Å². The lowest BCUT2D eigenvalue weighted by Crippen LogP contribution is -2.66. The van der Waals surface area contributed by atoms with Gasteiger partial charge in [-0.15, -0.1) is 0 Å². The number of alkyl carbamates (subject to hydrolysis) is 1. The van der Waals surface area contributed by atoms with Crippen LogP contribution in [0.5, 0.6) is 0 Å². The summed E-state index contributed by atoms with van der Waals surface area (Å²) in [7, 11) is 0. The van der Waals surface area contributed by atoms with Gasteiger partial charge in [-0.05, 0) is 137 Å². The first-order chi connectivity index (χ1) is 59.2. The van der Waals surface area contributed by atoms with E-state index in [1.165, 1.54) is 86.6 Å². The smallest absolute Gasteiger partial charge is 0.408 e. The molecule has 2 fully saturated rings. The molecule has 0 radical (unpaired) electrons. The third-order valence-electron chi connectivity index (χ3n) is 18.7. The lowest BCUT2D eigenvalue weighted by atomic mass is 9.95. The second-order valence-electron chi connectivity index (χ2n) is 29.4. The fraction of sp³-hybridized carbons (Fsp3) is 0.430. The van der Waals surface area contributed by atoms with Gasteiger partial charge in [0.05, 0.1) is 72.8 Å². The van der Waals surface area contributed by atoms with Gasteiger partial charge in [-0.2, -0.15) is 0 Å². The van der Waals surface area contributed by atoms with Crippen LogP contribution in [0.25, 0.3) is 20.9 Å². The van der Waals surface area contributed by atoms with Crippen molar-refractivity contribution < 1.29 is 114 Å². The molecule has 6 aromatic rings. The SMILES string of the molecule is CC(=O)NC1C(OCC(CNC(=O)CCCCCNC(=O)CC[C@H](NC(=O)OC(C)(C)C)C(=O)NCCCCCC(=O)NCC(COC2OC(CN=[N+]=[N-])C(OC(=O)c3ccccc3)C(OC(=O)c3ccccc3)C2NC(C)=O)OC(=O)c2ccccc2)OC(=O)c2ccccc2)OC(CN=[N+]=[N-])C(OC(=O)c2ccccc2)C1OC(=O)c1ccccc1. The van der Waals surface area contributed by atoms with Gasteiger partial charge in [-0.3, -0.25) is 28.8 Å². The van der Waals surface area contributed by atoms with E-state index in [-0.39, 0.29) is 85.2 Å². The number of benzene rings is 6. The lowest BCUT2D eigenvalue weighted by molar-refractivity contribution is -0.265. The Kier molecular flexibility index (Phi) is 38.7. The average molecular weight is 1700 g/mol. The van der Waals surface area contributed by atoms with Crippen LogP contribution < -0.4 is 37.2 Å². The Bertz CT molecular complexity index is 4590. The van der Waals surface area contributed by atoms with Crippen molar-refractivity contribution >= 4 is 77.4 Å². The minimum atomic E-state index is -1.58. The van der Waals surface area contributed by atoms with Gasteiger partial charge < -0.3 is 89.3 Å². The van der Waals surface area contributed by atoms with Crippen molar-refractivity contribution in [1.29, 1.82) is 0 Å². The molecule has 0 spiro atoms. The summed E-state index contributed by atoms with van der Waals surface area (Å²) in [4.78, 5) is 181. The zero-order valence-electron chi connectivity index (χ0n) is 68.5. The first kappa shape index (κ1) is 95.2. The number of esters is 6. The Balaban J connectivity index is 0.809. The molecule has 7 N–H and O–H groups in total. The summed E-state index contributed by atoms with van der Waals surface area (Å²) in [6.07, 6.45) is -13.4. The number of carbonyl (C=O) groups is 13. The Morgan fingerprint density at radius 1 is 0.415 bits per heavy atom. The number of unbranched alkanes of at least 4 members (excludes halogenated alkanes) is 4.